The molecule has 20 heavy (non-hydrogen) atoms. The second-order valence-electron chi connectivity index (χ2n) is 4.63. The number of aromatic amines is 1. The molecule has 0 saturated carbocycles. The van der Waals surface area contributed by atoms with E-state index in [1.807, 2.05) is 0 Å². The Hall–Kier alpha value is -1.89. The lowest BCUT2D eigenvalue weighted by molar-refractivity contribution is 0.283. The summed E-state index contributed by atoms with van der Waals surface area (Å²) in [6, 6.07) is 0. The van der Waals surface area contributed by atoms with Crippen molar-refractivity contribution in [1.82, 2.24) is 19.9 Å². The lowest BCUT2D eigenvalue weighted by Crippen LogP contribution is -2.09. The van der Waals surface area contributed by atoms with Crippen LogP contribution in [0.4, 0.5) is 11.8 Å². The van der Waals surface area contributed by atoms with Gasteiger partial charge in [0.25, 0.3) is 0 Å². The molecule has 7 nitrogen and oxygen atoms in total. The molecule has 0 radical (unpaired) electrons. The number of nitrogens with zero attached hydrogens (tertiary/aromatic N) is 3. The van der Waals surface area contributed by atoms with Crippen molar-refractivity contribution in [3.8, 4) is 0 Å². The van der Waals surface area contributed by atoms with Gasteiger partial charge < -0.3 is 20.7 Å². The molecule has 7 heteroatoms. The third-order valence-electron chi connectivity index (χ3n) is 2.95. The van der Waals surface area contributed by atoms with Crippen molar-refractivity contribution in [2.75, 3.05) is 30.3 Å². The van der Waals surface area contributed by atoms with E-state index in [0.717, 1.165) is 50.1 Å². The average Bonchev–Trinajstić information content (AvgIpc) is 2.93. The van der Waals surface area contributed by atoms with Gasteiger partial charge in [0.15, 0.2) is 11.5 Å². The molecule has 2 heterocycles. The maximum absolute atomic E-state index is 8.75. The number of fused-ring (bicyclic) bond motifs is 1. The fourth-order valence-electron chi connectivity index (χ4n) is 1.90. The summed E-state index contributed by atoms with van der Waals surface area (Å²) in [7, 11) is 0. The highest BCUT2D eigenvalue weighted by Crippen LogP contribution is 2.18. The van der Waals surface area contributed by atoms with E-state index < -0.39 is 0 Å². The van der Waals surface area contributed by atoms with E-state index in [9.17, 15) is 0 Å². The highest BCUT2D eigenvalue weighted by molar-refractivity contribution is 5.83. The molecule has 0 unspecified atom stereocenters. The Bertz CT molecular complexity index is 527. The Kier molecular flexibility index (Phi) is 5.55. The number of aromatic nitrogens is 4. The van der Waals surface area contributed by atoms with Crippen molar-refractivity contribution >= 4 is 22.9 Å². The van der Waals surface area contributed by atoms with Gasteiger partial charge in [-0.05, 0) is 25.7 Å². The first-order valence-electron chi connectivity index (χ1n) is 7.15. The number of hydrogen-bond acceptors (Lipinski definition) is 6. The molecule has 2 aromatic heterocycles. The molecule has 0 spiro atoms. The van der Waals surface area contributed by atoms with E-state index >= 15 is 0 Å². The molecule has 0 aliphatic rings. The summed E-state index contributed by atoms with van der Waals surface area (Å²) in [4.78, 5) is 16.1. The number of aliphatic hydroxyl groups is 1. The molecule has 4 N–H and O–H groups in total. The number of nitrogens with one attached hydrogen (secondary N) is 3. The number of rotatable bonds is 9. The monoisotopic (exact) mass is 278 g/mol. The Morgan fingerprint density at radius 2 is 2.05 bits per heavy atom. The third kappa shape index (κ3) is 3.80. The number of hydrogen-bond donors (Lipinski definition) is 4. The van der Waals surface area contributed by atoms with Crippen molar-refractivity contribution in [3.63, 3.8) is 0 Å². The van der Waals surface area contributed by atoms with Crippen LogP contribution in [-0.4, -0.2) is 44.7 Å². The molecular weight excluding hydrogens is 256 g/mol. The van der Waals surface area contributed by atoms with Gasteiger partial charge >= 0.3 is 0 Å². The zero-order valence-electron chi connectivity index (χ0n) is 11.8. The Labute approximate surface area is 118 Å². The molecule has 0 atom stereocenters. The van der Waals surface area contributed by atoms with Gasteiger partial charge in [-0.2, -0.15) is 9.97 Å². The molecule has 0 aliphatic heterocycles. The standard InChI is InChI=1S/C13H22N6O/c1-2-6-15-13-18-11(14-7-4-3-5-8-20)10-12(19-13)17-9-16-10/h9,20H,2-8H2,1H3,(H3,14,15,16,17,18,19). The molecule has 0 fully saturated rings. The smallest absolute Gasteiger partial charge is 0.226 e. The molecule has 0 saturated heterocycles. The average molecular weight is 278 g/mol. The van der Waals surface area contributed by atoms with E-state index in [2.05, 4.69) is 37.5 Å². The fourth-order valence-corrected chi connectivity index (χ4v) is 1.90. The number of unbranched alkanes of at least 4 members (excludes halogenated alkanes) is 2. The van der Waals surface area contributed by atoms with E-state index in [1.165, 1.54) is 0 Å². The molecule has 2 rings (SSSR count). The van der Waals surface area contributed by atoms with Crippen LogP contribution in [0.25, 0.3) is 11.2 Å². The van der Waals surface area contributed by atoms with Gasteiger partial charge in [-0.1, -0.05) is 6.92 Å². The summed E-state index contributed by atoms with van der Waals surface area (Å²) in [6.07, 6.45) is 5.49. The van der Waals surface area contributed by atoms with Crippen LogP contribution in [0, 0.1) is 0 Å². The summed E-state index contributed by atoms with van der Waals surface area (Å²) in [5, 5.41) is 15.2. The summed E-state index contributed by atoms with van der Waals surface area (Å²) >= 11 is 0. The normalized spacial score (nSPS) is 10.9. The maximum atomic E-state index is 8.75. The highest BCUT2D eigenvalue weighted by atomic mass is 16.2. The number of H-pyrrole nitrogens is 1. The second kappa shape index (κ2) is 7.64. The number of aliphatic hydroxyl groups excluding tert-OH is 1. The molecule has 110 valence electrons. The van der Waals surface area contributed by atoms with E-state index in [0.29, 0.717) is 11.6 Å². The van der Waals surface area contributed by atoms with Crippen LogP contribution in [0.15, 0.2) is 6.33 Å². The summed E-state index contributed by atoms with van der Waals surface area (Å²) in [5.74, 6) is 1.37. The van der Waals surface area contributed by atoms with Crippen LogP contribution in [-0.2, 0) is 0 Å². The van der Waals surface area contributed by atoms with Crippen LogP contribution in [0.3, 0.4) is 0 Å². The number of imidazole rings is 1. The van der Waals surface area contributed by atoms with Crippen molar-refractivity contribution < 1.29 is 5.11 Å². The summed E-state index contributed by atoms with van der Waals surface area (Å²) < 4.78 is 0. The second-order valence-corrected chi connectivity index (χ2v) is 4.63. The molecule has 0 aliphatic carbocycles. The highest BCUT2D eigenvalue weighted by Gasteiger charge is 2.09. The van der Waals surface area contributed by atoms with Gasteiger partial charge in [0.05, 0.1) is 6.33 Å². The van der Waals surface area contributed by atoms with Crippen molar-refractivity contribution in [2.45, 2.75) is 32.6 Å². The topological polar surface area (TPSA) is 98.8 Å². The van der Waals surface area contributed by atoms with Gasteiger partial charge in [-0.15, -0.1) is 0 Å². The van der Waals surface area contributed by atoms with Gasteiger partial charge in [0.2, 0.25) is 5.95 Å². The third-order valence-corrected chi connectivity index (χ3v) is 2.95. The van der Waals surface area contributed by atoms with Crippen LogP contribution >= 0.6 is 0 Å². The van der Waals surface area contributed by atoms with Crippen LogP contribution < -0.4 is 10.6 Å². The number of anilines is 2. The Morgan fingerprint density at radius 3 is 2.85 bits per heavy atom. The molecule has 0 aromatic carbocycles. The molecular formula is C13H22N6O. The first-order chi connectivity index (χ1) is 9.85. The molecule has 2 aromatic rings. The first-order valence-corrected chi connectivity index (χ1v) is 7.15. The quantitative estimate of drug-likeness (QED) is 0.522. The molecule has 0 bridgehead atoms. The maximum Gasteiger partial charge on any atom is 0.226 e. The Morgan fingerprint density at radius 1 is 1.15 bits per heavy atom. The molecule has 0 amide bonds. The summed E-state index contributed by atoms with van der Waals surface area (Å²) in [5.41, 5.74) is 1.49. The summed E-state index contributed by atoms with van der Waals surface area (Å²) in [6.45, 7) is 4.01. The predicted octanol–water partition coefficient (Wildman–Crippen LogP) is 1.75. The minimum atomic E-state index is 0.253. The lowest BCUT2D eigenvalue weighted by Gasteiger charge is -2.09. The predicted molar refractivity (Wildman–Crippen MR) is 79.9 cm³/mol. The van der Waals surface area contributed by atoms with Gasteiger partial charge in [-0.3, -0.25) is 0 Å². The van der Waals surface area contributed by atoms with E-state index in [1.54, 1.807) is 6.33 Å². The Balaban J connectivity index is 2.03. The van der Waals surface area contributed by atoms with Gasteiger partial charge in [0.1, 0.15) is 5.52 Å². The van der Waals surface area contributed by atoms with Crippen molar-refractivity contribution in [1.29, 1.82) is 0 Å². The van der Waals surface area contributed by atoms with E-state index in [4.69, 9.17) is 5.11 Å². The largest absolute Gasteiger partial charge is 0.396 e. The van der Waals surface area contributed by atoms with Crippen LogP contribution in [0.5, 0.6) is 0 Å². The zero-order chi connectivity index (χ0) is 14.2. The van der Waals surface area contributed by atoms with Gasteiger partial charge in [0, 0.05) is 19.7 Å². The van der Waals surface area contributed by atoms with Crippen molar-refractivity contribution in [3.05, 3.63) is 6.33 Å². The van der Waals surface area contributed by atoms with Crippen LogP contribution in [0.2, 0.25) is 0 Å². The minimum absolute atomic E-state index is 0.253. The minimum Gasteiger partial charge on any atom is -0.396 e. The van der Waals surface area contributed by atoms with Crippen LogP contribution in [0.1, 0.15) is 32.6 Å². The van der Waals surface area contributed by atoms with E-state index in [-0.39, 0.29) is 6.61 Å². The zero-order valence-corrected chi connectivity index (χ0v) is 11.8. The fraction of sp³-hybridized carbons (Fsp3) is 0.615. The lowest BCUT2D eigenvalue weighted by atomic mass is 10.2. The van der Waals surface area contributed by atoms with Gasteiger partial charge in [-0.25, -0.2) is 4.98 Å². The van der Waals surface area contributed by atoms with Crippen molar-refractivity contribution in [2.24, 2.45) is 0 Å². The first kappa shape index (κ1) is 14.5. The SMILES string of the molecule is CCCNc1nc(NCCCCCO)c2[nH]cnc2n1.